The van der Waals surface area contributed by atoms with E-state index in [4.69, 9.17) is 0 Å². The van der Waals surface area contributed by atoms with Gasteiger partial charge in [-0.3, -0.25) is 14.8 Å². The van der Waals surface area contributed by atoms with Crippen molar-refractivity contribution in [2.75, 3.05) is 26.2 Å². The molecule has 0 aliphatic carbocycles. The molecule has 0 spiro atoms. The number of hydrogen-bond acceptors (Lipinski definition) is 6. The average molecular weight is 438 g/mol. The van der Waals surface area contributed by atoms with Gasteiger partial charge < -0.3 is 4.90 Å². The third kappa shape index (κ3) is 4.40. The van der Waals surface area contributed by atoms with Crippen LogP contribution in [0.4, 0.5) is 17.6 Å². The van der Waals surface area contributed by atoms with Crippen LogP contribution in [0.1, 0.15) is 27.8 Å². The number of piperazine rings is 1. The van der Waals surface area contributed by atoms with Gasteiger partial charge >= 0.3 is 6.18 Å². The number of carbonyl (C=O) groups excluding carboxylic acids is 1. The SMILES string of the molecule is Cc1nc(CN2CCN(C(=O)c3nnn(-c4ccc(F)cc4)c3C(F)(F)F)CC2)n[nH]1. The van der Waals surface area contributed by atoms with Crippen molar-refractivity contribution in [3.05, 3.63) is 53.1 Å². The number of hydrogen-bond donors (Lipinski definition) is 1. The molecule has 0 radical (unpaired) electrons. The van der Waals surface area contributed by atoms with Crippen LogP contribution in [0, 0.1) is 12.7 Å². The van der Waals surface area contributed by atoms with Crippen LogP contribution in [0.2, 0.25) is 0 Å². The first kappa shape index (κ1) is 20.9. The van der Waals surface area contributed by atoms with Gasteiger partial charge in [0.2, 0.25) is 0 Å². The van der Waals surface area contributed by atoms with Gasteiger partial charge in [0.1, 0.15) is 11.6 Å². The Bertz CT molecular complexity index is 1070. The summed E-state index contributed by atoms with van der Waals surface area (Å²) in [5.74, 6) is -0.160. The molecule has 3 aromatic rings. The standard InChI is InChI=1S/C18H18F4N8O/c1-11-23-14(25-24-11)10-28-6-8-29(9-7-28)17(31)15-16(18(20,21)22)30(27-26-15)13-4-2-12(19)3-5-13/h2-5H,6-10H2,1H3,(H,23,24,25). The Balaban J connectivity index is 1.51. The molecule has 9 nitrogen and oxygen atoms in total. The second-order valence-corrected chi connectivity index (χ2v) is 7.08. The molecule has 0 atom stereocenters. The largest absolute Gasteiger partial charge is 0.435 e. The molecule has 1 aromatic carbocycles. The highest BCUT2D eigenvalue weighted by molar-refractivity contribution is 5.93. The predicted molar refractivity (Wildman–Crippen MR) is 98.6 cm³/mol. The third-order valence-electron chi connectivity index (χ3n) is 4.88. The van der Waals surface area contributed by atoms with Crippen LogP contribution in [0.3, 0.4) is 0 Å². The number of benzene rings is 1. The van der Waals surface area contributed by atoms with Gasteiger partial charge in [0.05, 0.1) is 12.2 Å². The second kappa shape index (κ2) is 8.06. The van der Waals surface area contributed by atoms with Crippen molar-refractivity contribution in [3.8, 4) is 5.69 Å². The summed E-state index contributed by atoms with van der Waals surface area (Å²) in [6, 6.07) is 4.29. The molecular formula is C18H18F4N8O. The van der Waals surface area contributed by atoms with E-state index in [0.717, 1.165) is 24.3 Å². The molecular weight excluding hydrogens is 420 g/mol. The number of halogens is 4. The van der Waals surface area contributed by atoms with Crippen molar-refractivity contribution in [1.82, 2.24) is 40.0 Å². The summed E-state index contributed by atoms with van der Waals surface area (Å²) in [6.07, 6.45) is -4.88. The predicted octanol–water partition coefficient (Wildman–Crippen LogP) is 1.81. The molecule has 0 unspecified atom stereocenters. The number of H-pyrrole nitrogens is 1. The fourth-order valence-electron chi connectivity index (χ4n) is 3.36. The molecule has 0 bridgehead atoms. The monoisotopic (exact) mass is 438 g/mol. The van der Waals surface area contributed by atoms with Gasteiger partial charge in [0.25, 0.3) is 5.91 Å². The first-order valence-corrected chi connectivity index (χ1v) is 9.40. The van der Waals surface area contributed by atoms with Gasteiger partial charge in [-0.1, -0.05) is 5.21 Å². The van der Waals surface area contributed by atoms with E-state index in [0.29, 0.717) is 36.0 Å². The summed E-state index contributed by atoms with van der Waals surface area (Å²) in [6.45, 7) is 3.61. The third-order valence-corrected chi connectivity index (χ3v) is 4.88. The van der Waals surface area contributed by atoms with Gasteiger partial charge in [-0.25, -0.2) is 14.1 Å². The zero-order valence-electron chi connectivity index (χ0n) is 16.4. The summed E-state index contributed by atoms with van der Waals surface area (Å²) in [5.41, 5.74) is -2.12. The Morgan fingerprint density at radius 1 is 1.13 bits per heavy atom. The molecule has 1 fully saturated rings. The number of carbonyl (C=O) groups is 1. The number of alkyl halides is 3. The maximum Gasteiger partial charge on any atom is 0.435 e. The Morgan fingerprint density at radius 2 is 1.81 bits per heavy atom. The van der Waals surface area contributed by atoms with Crippen molar-refractivity contribution in [2.24, 2.45) is 0 Å². The summed E-state index contributed by atoms with van der Waals surface area (Å²) in [5, 5.41) is 13.8. The van der Waals surface area contributed by atoms with Gasteiger partial charge in [0, 0.05) is 26.2 Å². The lowest BCUT2D eigenvalue weighted by Gasteiger charge is -2.33. The number of aryl methyl sites for hydroxylation is 1. The fourth-order valence-corrected chi connectivity index (χ4v) is 3.36. The van der Waals surface area contributed by atoms with Gasteiger partial charge in [-0.15, -0.1) is 5.10 Å². The molecule has 1 amide bonds. The summed E-state index contributed by atoms with van der Waals surface area (Å²) >= 11 is 0. The van der Waals surface area contributed by atoms with Crippen molar-refractivity contribution < 1.29 is 22.4 Å². The van der Waals surface area contributed by atoms with E-state index in [1.54, 1.807) is 6.92 Å². The highest BCUT2D eigenvalue weighted by Gasteiger charge is 2.43. The quantitative estimate of drug-likeness (QED) is 0.625. The van der Waals surface area contributed by atoms with Gasteiger partial charge in [0.15, 0.2) is 17.2 Å². The second-order valence-electron chi connectivity index (χ2n) is 7.08. The summed E-state index contributed by atoms with van der Waals surface area (Å²) in [4.78, 5) is 20.4. The van der Waals surface area contributed by atoms with Gasteiger partial charge in [-0.05, 0) is 31.2 Å². The zero-order chi connectivity index (χ0) is 22.2. The molecule has 1 saturated heterocycles. The first-order valence-electron chi connectivity index (χ1n) is 9.40. The Morgan fingerprint density at radius 3 is 2.39 bits per heavy atom. The minimum atomic E-state index is -4.88. The van der Waals surface area contributed by atoms with Crippen LogP contribution in [-0.4, -0.2) is 72.1 Å². The number of amides is 1. The highest BCUT2D eigenvalue weighted by Crippen LogP contribution is 2.33. The molecule has 2 aromatic heterocycles. The minimum absolute atomic E-state index is 0.0492. The number of aromatic nitrogens is 6. The number of rotatable bonds is 4. The van der Waals surface area contributed by atoms with E-state index < -0.39 is 29.3 Å². The molecule has 0 saturated carbocycles. The smallest absolute Gasteiger partial charge is 0.335 e. The molecule has 1 aliphatic heterocycles. The summed E-state index contributed by atoms with van der Waals surface area (Å²) < 4.78 is 55.0. The average Bonchev–Trinajstić information content (AvgIpc) is 3.35. The molecule has 31 heavy (non-hydrogen) atoms. The lowest BCUT2D eigenvalue weighted by atomic mass is 10.2. The fraction of sp³-hybridized carbons (Fsp3) is 0.389. The topological polar surface area (TPSA) is 95.8 Å². The maximum atomic E-state index is 13.8. The van der Waals surface area contributed by atoms with Crippen LogP contribution in [0.25, 0.3) is 5.69 Å². The van der Waals surface area contributed by atoms with Crippen molar-refractivity contribution in [3.63, 3.8) is 0 Å². The summed E-state index contributed by atoms with van der Waals surface area (Å²) in [7, 11) is 0. The van der Waals surface area contributed by atoms with Crippen LogP contribution >= 0.6 is 0 Å². The molecule has 164 valence electrons. The first-order chi connectivity index (χ1) is 14.7. The van der Waals surface area contributed by atoms with Crippen molar-refractivity contribution in [1.29, 1.82) is 0 Å². The molecule has 1 aliphatic rings. The van der Waals surface area contributed by atoms with E-state index in [1.807, 2.05) is 4.90 Å². The van der Waals surface area contributed by atoms with E-state index in [2.05, 4.69) is 25.5 Å². The van der Waals surface area contributed by atoms with Crippen molar-refractivity contribution in [2.45, 2.75) is 19.6 Å². The van der Waals surface area contributed by atoms with Crippen LogP contribution in [0.15, 0.2) is 24.3 Å². The van der Waals surface area contributed by atoms with E-state index >= 15 is 0 Å². The molecule has 4 rings (SSSR count). The van der Waals surface area contributed by atoms with Crippen LogP contribution in [0.5, 0.6) is 0 Å². The van der Waals surface area contributed by atoms with Crippen LogP contribution in [-0.2, 0) is 12.7 Å². The number of nitrogens with zero attached hydrogens (tertiary/aromatic N) is 7. The van der Waals surface area contributed by atoms with E-state index in [1.165, 1.54) is 4.90 Å². The lowest BCUT2D eigenvalue weighted by molar-refractivity contribution is -0.143. The van der Waals surface area contributed by atoms with Crippen LogP contribution < -0.4 is 0 Å². The number of aromatic amines is 1. The lowest BCUT2D eigenvalue weighted by Crippen LogP contribution is -2.48. The molecule has 13 heteroatoms. The maximum absolute atomic E-state index is 13.8. The number of nitrogens with one attached hydrogen (secondary N) is 1. The Labute approximate surface area is 173 Å². The molecule has 3 heterocycles. The van der Waals surface area contributed by atoms with Gasteiger partial charge in [-0.2, -0.15) is 18.3 Å². The molecule has 1 N–H and O–H groups in total. The zero-order valence-corrected chi connectivity index (χ0v) is 16.4. The Kier molecular flexibility index (Phi) is 5.43. The normalized spacial score (nSPS) is 15.5. The minimum Gasteiger partial charge on any atom is -0.335 e. The Hall–Kier alpha value is -3.35. The highest BCUT2D eigenvalue weighted by atomic mass is 19.4. The van der Waals surface area contributed by atoms with E-state index in [9.17, 15) is 22.4 Å². The van der Waals surface area contributed by atoms with Crippen molar-refractivity contribution >= 4 is 5.91 Å². The van der Waals surface area contributed by atoms with E-state index in [-0.39, 0.29) is 18.8 Å².